The lowest BCUT2D eigenvalue weighted by molar-refractivity contribution is -0.154. The zero-order valence-electron chi connectivity index (χ0n) is 12.3. The number of benzene rings is 1. The lowest BCUT2D eigenvalue weighted by atomic mass is 10.2. The van der Waals surface area contributed by atoms with Crippen molar-refractivity contribution in [1.82, 2.24) is 0 Å². The average molecular weight is 303 g/mol. The number of fused-ring (bicyclic) bond motifs is 1. The molecule has 116 valence electrons. The van der Waals surface area contributed by atoms with E-state index >= 15 is 0 Å². The maximum absolute atomic E-state index is 12.5. The Bertz CT molecular complexity index is 625. The molecule has 3 rings (SSSR count). The number of carbonyl (C=O) groups excluding carboxylic acids is 2. The van der Waals surface area contributed by atoms with E-state index in [4.69, 9.17) is 14.2 Å². The van der Waals surface area contributed by atoms with Gasteiger partial charge < -0.3 is 19.1 Å². The highest BCUT2D eigenvalue weighted by Crippen LogP contribution is 2.28. The maximum atomic E-state index is 12.5. The van der Waals surface area contributed by atoms with Gasteiger partial charge in [-0.2, -0.15) is 0 Å². The smallest absolute Gasteiger partial charge is 0.377 e. The second kappa shape index (κ2) is 6.09. The molecule has 0 bridgehead atoms. The number of amides is 1. The Morgan fingerprint density at radius 3 is 2.86 bits per heavy atom. The number of para-hydroxylation sites is 1. The van der Waals surface area contributed by atoms with Crippen LogP contribution in [0.5, 0.6) is 0 Å². The van der Waals surface area contributed by atoms with Crippen molar-refractivity contribution >= 4 is 17.6 Å². The molecule has 0 saturated heterocycles. The number of nitrogens with zero attached hydrogens (tertiary/aromatic N) is 1. The van der Waals surface area contributed by atoms with Gasteiger partial charge in [0, 0.05) is 12.2 Å². The standard InChI is InChI=1S/C16H17NO5/c1-11(22-16(19)14-10-20-8-9-21-14)15(18)17-7-6-12-4-2-3-5-13(12)17/h2-5,10-11H,6-9H2,1H3. The molecule has 1 aromatic carbocycles. The van der Waals surface area contributed by atoms with Crippen molar-refractivity contribution in [2.75, 3.05) is 24.7 Å². The fourth-order valence-electron chi connectivity index (χ4n) is 2.53. The SMILES string of the molecule is CC(OC(=O)C1=COCCO1)C(=O)N1CCc2ccccc21. The number of esters is 1. The van der Waals surface area contributed by atoms with Gasteiger partial charge in [-0.15, -0.1) is 0 Å². The van der Waals surface area contributed by atoms with Crippen LogP contribution >= 0.6 is 0 Å². The molecule has 0 aliphatic carbocycles. The molecule has 6 nitrogen and oxygen atoms in total. The van der Waals surface area contributed by atoms with Crippen molar-refractivity contribution in [1.29, 1.82) is 0 Å². The van der Waals surface area contributed by atoms with Crippen LogP contribution in [0.1, 0.15) is 12.5 Å². The summed E-state index contributed by atoms with van der Waals surface area (Å²) in [5, 5.41) is 0. The second-order valence-corrected chi connectivity index (χ2v) is 5.12. The van der Waals surface area contributed by atoms with Gasteiger partial charge in [-0.05, 0) is 25.0 Å². The Kier molecular flexibility index (Phi) is 4.00. The van der Waals surface area contributed by atoms with E-state index in [0.29, 0.717) is 19.8 Å². The highest BCUT2D eigenvalue weighted by Gasteiger charge is 2.31. The molecule has 0 aromatic heterocycles. The van der Waals surface area contributed by atoms with Gasteiger partial charge in [-0.25, -0.2) is 4.79 Å². The van der Waals surface area contributed by atoms with E-state index < -0.39 is 12.1 Å². The molecular formula is C16H17NO5. The molecule has 1 atom stereocenters. The van der Waals surface area contributed by atoms with E-state index in [-0.39, 0.29) is 11.7 Å². The molecule has 1 amide bonds. The number of rotatable bonds is 3. The maximum Gasteiger partial charge on any atom is 0.377 e. The topological polar surface area (TPSA) is 65.1 Å². The number of ether oxygens (including phenoxy) is 3. The van der Waals surface area contributed by atoms with E-state index in [1.807, 2.05) is 24.3 Å². The van der Waals surface area contributed by atoms with Crippen molar-refractivity contribution in [3.8, 4) is 0 Å². The van der Waals surface area contributed by atoms with E-state index in [9.17, 15) is 9.59 Å². The van der Waals surface area contributed by atoms with Gasteiger partial charge in [-0.1, -0.05) is 18.2 Å². The first kappa shape index (κ1) is 14.4. The number of carbonyl (C=O) groups is 2. The Morgan fingerprint density at radius 1 is 1.27 bits per heavy atom. The van der Waals surface area contributed by atoms with Gasteiger partial charge in [0.2, 0.25) is 5.76 Å². The van der Waals surface area contributed by atoms with Crippen molar-refractivity contribution in [2.24, 2.45) is 0 Å². The first-order chi connectivity index (χ1) is 10.7. The van der Waals surface area contributed by atoms with Crippen LogP contribution in [0.3, 0.4) is 0 Å². The molecule has 2 aliphatic heterocycles. The lowest BCUT2D eigenvalue weighted by Gasteiger charge is -2.22. The molecule has 0 fully saturated rings. The molecular weight excluding hydrogens is 286 g/mol. The van der Waals surface area contributed by atoms with Crippen molar-refractivity contribution in [2.45, 2.75) is 19.4 Å². The second-order valence-electron chi connectivity index (χ2n) is 5.12. The Balaban J connectivity index is 1.65. The van der Waals surface area contributed by atoms with Gasteiger partial charge in [0.15, 0.2) is 6.10 Å². The summed E-state index contributed by atoms with van der Waals surface area (Å²) in [5.41, 5.74) is 2.01. The molecule has 2 aliphatic rings. The normalized spacial score (nSPS) is 17.7. The van der Waals surface area contributed by atoms with Gasteiger partial charge >= 0.3 is 5.97 Å². The van der Waals surface area contributed by atoms with E-state index in [2.05, 4.69) is 0 Å². The van der Waals surface area contributed by atoms with E-state index in [1.54, 1.807) is 11.8 Å². The van der Waals surface area contributed by atoms with Crippen molar-refractivity contribution in [3.05, 3.63) is 41.9 Å². The third-order valence-corrected chi connectivity index (χ3v) is 3.64. The van der Waals surface area contributed by atoms with Gasteiger partial charge in [0.1, 0.15) is 19.5 Å². The number of hydrogen-bond acceptors (Lipinski definition) is 5. The van der Waals surface area contributed by atoms with Gasteiger partial charge in [0.25, 0.3) is 5.91 Å². The van der Waals surface area contributed by atoms with Crippen LogP contribution in [0, 0.1) is 0 Å². The molecule has 2 heterocycles. The average Bonchev–Trinajstić information content (AvgIpc) is 2.99. The molecule has 22 heavy (non-hydrogen) atoms. The summed E-state index contributed by atoms with van der Waals surface area (Å²) in [6.45, 7) is 2.85. The fraction of sp³-hybridized carbons (Fsp3) is 0.375. The Morgan fingerprint density at radius 2 is 2.09 bits per heavy atom. The highest BCUT2D eigenvalue weighted by atomic mass is 16.6. The first-order valence-electron chi connectivity index (χ1n) is 7.21. The zero-order valence-corrected chi connectivity index (χ0v) is 12.3. The highest BCUT2D eigenvalue weighted by molar-refractivity contribution is 5.99. The number of anilines is 1. The third-order valence-electron chi connectivity index (χ3n) is 3.64. The Hall–Kier alpha value is -2.50. The summed E-state index contributed by atoms with van der Waals surface area (Å²) in [6.07, 6.45) is 1.14. The minimum Gasteiger partial charge on any atom is -0.493 e. The fourth-order valence-corrected chi connectivity index (χ4v) is 2.53. The van der Waals surface area contributed by atoms with Crippen LogP contribution in [-0.4, -0.2) is 37.7 Å². The minimum absolute atomic E-state index is 0.00674. The summed E-state index contributed by atoms with van der Waals surface area (Å²) in [5.74, 6) is -0.934. The monoisotopic (exact) mass is 303 g/mol. The molecule has 1 aromatic rings. The van der Waals surface area contributed by atoms with E-state index in [0.717, 1.165) is 17.7 Å². The molecule has 0 radical (unpaired) electrons. The summed E-state index contributed by atoms with van der Waals surface area (Å²) in [6, 6.07) is 7.73. The molecule has 0 saturated carbocycles. The Labute approximate surface area is 128 Å². The van der Waals surface area contributed by atoms with Crippen molar-refractivity contribution < 1.29 is 23.8 Å². The summed E-state index contributed by atoms with van der Waals surface area (Å²) < 4.78 is 15.3. The number of hydrogen-bond donors (Lipinski definition) is 0. The molecule has 6 heteroatoms. The van der Waals surface area contributed by atoms with Crippen LogP contribution in [0.15, 0.2) is 36.3 Å². The largest absolute Gasteiger partial charge is 0.493 e. The predicted molar refractivity (Wildman–Crippen MR) is 78.0 cm³/mol. The van der Waals surface area contributed by atoms with E-state index in [1.165, 1.54) is 6.26 Å². The van der Waals surface area contributed by atoms with Crippen LogP contribution in [-0.2, 0) is 30.2 Å². The first-order valence-corrected chi connectivity index (χ1v) is 7.21. The van der Waals surface area contributed by atoms with Crippen molar-refractivity contribution in [3.63, 3.8) is 0 Å². The quantitative estimate of drug-likeness (QED) is 0.790. The predicted octanol–water partition coefficient (Wildman–Crippen LogP) is 1.40. The molecule has 0 spiro atoms. The molecule has 0 N–H and O–H groups in total. The lowest BCUT2D eigenvalue weighted by Crippen LogP contribution is -2.39. The summed E-state index contributed by atoms with van der Waals surface area (Å²) >= 11 is 0. The van der Waals surface area contributed by atoms with Gasteiger partial charge in [0.05, 0.1) is 0 Å². The summed E-state index contributed by atoms with van der Waals surface area (Å²) in [7, 11) is 0. The molecule has 1 unspecified atom stereocenters. The minimum atomic E-state index is -0.884. The van der Waals surface area contributed by atoms with Crippen LogP contribution in [0.4, 0.5) is 5.69 Å². The van der Waals surface area contributed by atoms with Crippen LogP contribution < -0.4 is 4.90 Å². The summed E-state index contributed by atoms with van der Waals surface area (Å²) in [4.78, 5) is 26.0. The third kappa shape index (κ3) is 2.77. The van der Waals surface area contributed by atoms with Crippen LogP contribution in [0.2, 0.25) is 0 Å². The zero-order chi connectivity index (χ0) is 15.5. The van der Waals surface area contributed by atoms with Crippen LogP contribution in [0.25, 0.3) is 0 Å². The van der Waals surface area contributed by atoms with Gasteiger partial charge in [-0.3, -0.25) is 4.79 Å².